The van der Waals surface area contributed by atoms with E-state index in [1.54, 1.807) is 14.2 Å². The van der Waals surface area contributed by atoms with Gasteiger partial charge in [-0.2, -0.15) is 0 Å². The third-order valence-electron chi connectivity index (χ3n) is 5.12. The van der Waals surface area contributed by atoms with Crippen molar-refractivity contribution < 1.29 is 28.9 Å². The fourth-order valence-corrected chi connectivity index (χ4v) is 3.62. The Hall–Kier alpha value is -2.32. The number of hydrogen-bond donors (Lipinski definition) is 3. The van der Waals surface area contributed by atoms with Crippen LogP contribution in [0.4, 0.5) is 0 Å². The van der Waals surface area contributed by atoms with E-state index in [0.717, 1.165) is 54.7 Å². The van der Waals surface area contributed by atoms with Crippen LogP contribution >= 0.6 is 0 Å². The highest BCUT2D eigenvalue weighted by atomic mass is 16.5. The van der Waals surface area contributed by atoms with Crippen LogP contribution < -0.4 is 24.6 Å². The maximum Gasteiger partial charge on any atom is 0.278 e. The molecule has 1 aromatic rings. The van der Waals surface area contributed by atoms with Crippen molar-refractivity contribution in [2.75, 3.05) is 60.5 Å². The van der Waals surface area contributed by atoms with Crippen LogP contribution in [0.5, 0.6) is 11.5 Å². The van der Waals surface area contributed by atoms with Crippen molar-refractivity contribution in [3.05, 3.63) is 23.8 Å². The van der Waals surface area contributed by atoms with Gasteiger partial charge >= 0.3 is 0 Å². The molecule has 1 heterocycles. The Morgan fingerprint density at radius 2 is 1.86 bits per heavy atom. The number of nitrogens with zero attached hydrogens (tertiary/aromatic N) is 1. The van der Waals surface area contributed by atoms with Crippen LogP contribution in [0.3, 0.4) is 0 Å². The second kappa shape index (κ2) is 11.0. The number of rotatable bonds is 9. The predicted octanol–water partition coefficient (Wildman–Crippen LogP) is -2.03. The van der Waals surface area contributed by atoms with Crippen LogP contribution in [0.1, 0.15) is 19.4 Å². The van der Waals surface area contributed by atoms with E-state index < -0.39 is 0 Å². The molecule has 8 heteroatoms. The first-order chi connectivity index (χ1) is 13.8. The van der Waals surface area contributed by atoms with Gasteiger partial charge in [-0.25, -0.2) is 0 Å². The summed E-state index contributed by atoms with van der Waals surface area (Å²) in [6, 6.07) is 5.96. The van der Waals surface area contributed by atoms with Crippen molar-refractivity contribution in [3.8, 4) is 11.5 Å². The fourth-order valence-electron chi connectivity index (χ4n) is 3.62. The maximum atomic E-state index is 12.6. The van der Waals surface area contributed by atoms with Crippen molar-refractivity contribution in [3.63, 3.8) is 0 Å². The van der Waals surface area contributed by atoms with Gasteiger partial charge in [0.2, 0.25) is 0 Å². The molecule has 1 aromatic carbocycles. The summed E-state index contributed by atoms with van der Waals surface area (Å²) in [5.74, 6) is 1.77. The standard InChI is InChI=1S/C21H34N4O4/c1-16(2)22-20(26)14-23(3)15-21(27)25-10-8-24(9-11-25)13-17-12-18(28-4)6-7-19(17)29-5/h6-7,12,16H,8-11,13-15H2,1-5H3,(H,22,26)/p+2. The van der Waals surface area contributed by atoms with Crippen LogP contribution in [0.25, 0.3) is 0 Å². The summed E-state index contributed by atoms with van der Waals surface area (Å²) >= 11 is 0. The normalized spacial score (nSPS) is 15.9. The molecule has 3 N–H and O–H groups in total. The summed E-state index contributed by atoms with van der Waals surface area (Å²) in [6.45, 7) is 8.58. The molecule has 1 aliphatic heterocycles. The van der Waals surface area contributed by atoms with Gasteiger partial charge in [0.1, 0.15) is 18.0 Å². The number of amides is 2. The number of carbonyl (C=O) groups excluding carboxylic acids is 2. The molecule has 1 atom stereocenters. The molecule has 1 fully saturated rings. The Kier molecular flexibility index (Phi) is 8.72. The zero-order chi connectivity index (χ0) is 21.4. The molecule has 1 unspecified atom stereocenters. The van der Waals surface area contributed by atoms with Crippen molar-refractivity contribution in [1.29, 1.82) is 0 Å². The number of piperazine rings is 1. The molecule has 1 aliphatic rings. The molecular weight excluding hydrogens is 372 g/mol. The summed E-state index contributed by atoms with van der Waals surface area (Å²) in [7, 11) is 5.22. The van der Waals surface area contributed by atoms with Crippen molar-refractivity contribution in [1.82, 2.24) is 10.2 Å². The molecule has 2 amide bonds. The van der Waals surface area contributed by atoms with E-state index in [9.17, 15) is 9.59 Å². The molecule has 162 valence electrons. The molecule has 1 saturated heterocycles. The fraction of sp³-hybridized carbons (Fsp3) is 0.619. The summed E-state index contributed by atoms with van der Waals surface area (Å²) in [5.41, 5.74) is 1.11. The number of carbonyl (C=O) groups is 2. The van der Waals surface area contributed by atoms with Gasteiger partial charge in [-0.3, -0.25) is 9.59 Å². The first-order valence-corrected chi connectivity index (χ1v) is 10.2. The molecule has 0 aliphatic carbocycles. The number of methoxy groups -OCH3 is 2. The molecule has 0 spiro atoms. The average Bonchev–Trinajstić information content (AvgIpc) is 2.67. The summed E-state index contributed by atoms with van der Waals surface area (Å²) in [4.78, 5) is 28.7. The number of benzene rings is 1. The molecule has 0 aromatic heterocycles. The Bertz CT molecular complexity index is 687. The van der Waals surface area contributed by atoms with E-state index in [2.05, 4.69) is 5.32 Å². The van der Waals surface area contributed by atoms with Gasteiger partial charge in [-0.05, 0) is 32.0 Å². The number of nitrogens with one attached hydrogen (secondary N) is 3. The molecule has 0 radical (unpaired) electrons. The lowest BCUT2D eigenvalue weighted by atomic mass is 10.1. The van der Waals surface area contributed by atoms with E-state index in [-0.39, 0.29) is 17.9 Å². The molecule has 8 nitrogen and oxygen atoms in total. The van der Waals surface area contributed by atoms with E-state index in [1.807, 2.05) is 44.0 Å². The second-order valence-corrected chi connectivity index (χ2v) is 8.02. The summed E-state index contributed by atoms with van der Waals surface area (Å²) in [6.07, 6.45) is 0. The predicted molar refractivity (Wildman–Crippen MR) is 110 cm³/mol. The second-order valence-electron chi connectivity index (χ2n) is 8.02. The minimum Gasteiger partial charge on any atom is -0.497 e. The molecule has 2 rings (SSSR count). The Morgan fingerprint density at radius 1 is 1.17 bits per heavy atom. The summed E-state index contributed by atoms with van der Waals surface area (Å²) < 4.78 is 10.8. The van der Waals surface area contributed by atoms with Gasteiger partial charge in [-0.15, -0.1) is 0 Å². The van der Waals surface area contributed by atoms with Crippen molar-refractivity contribution >= 4 is 11.8 Å². The van der Waals surface area contributed by atoms with Gasteiger partial charge < -0.3 is 29.5 Å². The van der Waals surface area contributed by atoms with Crippen molar-refractivity contribution in [2.24, 2.45) is 0 Å². The average molecular weight is 409 g/mol. The van der Waals surface area contributed by atoms with Crippen LogP contribution in [-0.2, 0) is 16.1 Å². The van der Waals surface area contributed by atoms with Crippen LogP contribution in [-0.4, -0.2) is 83.3 Å². The van der Waals surface area contributed by atoms with E-state index in [1.165, 1.54) is 4.90 Å². The van der Waals surface area contributed by atoms with Gasteiger partial charge in [-0.1, -0.05) is 0 Å². The lowest BCUT2D eigenvalue weighted by molar-refractivity contribution is -0.917. The molecule has 0 bridgehead atoms. The SMILES string of the molecule is COc1ccc(OC)c(C[NH+]2CCN(C(=O)C[NH+](C)CC(=O)NC(C)C)CC2)c1. The van der Waals surface area contributed by atoms with Gasteiger partial charge in [0.05, 0.1) is 53.0 Å². The lowest BCUT2D eigenvalue weighted by Crippen LogP contribution is -3.14. The third kappa shape index (κ3) is 7.21. The largest absolute Gasteiger partial charge is 0.497 e. The molecule has 29 heavy (non-hydrogen) atoms. The van der Waals surface area contributed by atoms with Gasteiger partial charge in [0.25, 0.3) is 11.8 Å². The highest BCUT2D eigenvalue weighted by molar-refractivity contribution is 5.79. The van der Waals surface area contributed by atoms with E-state index >= 15 is 0 Å². The van der Waals surface area contributed by atoms with Crippen LogP contribution in [0.2, 0.25) is 0 Å². The summed E-state index contributed by atoms with van der Waals surface area (Å²) in [5, 5.41) is 2.87. The first-order valence-electron chi connectivity index (χ1n) is 10.2. The lowest BCUT2D eigenvalue weighted by Gasteiger charge is -2.32. The number of ether oxygens (including phenoxy) is 2. The van der Waals surface area contributed by atoms with Gasteiger partial charge in [0.15, 0.2) is 13.1 Å². The Morgan fingerprint density at radius 3 is 2.45 bits per heavy atom. The quantitative estimate of drug-likeness (QED) is 0.441. The van der Waals surface area contributed by atoms with Gasteiger partial charge in [0, 0.05) is 6.04 Å². The number of likely N-dealkylation sites (N-methyl/N-ethyl adjacent to an activating group) is 1. The minimum atomic E-state index is -0.0215. The minimum absolute atomic E-state index is 0.0215. The zero-order valence-corrected chi connectivity index (χ0v) is 18.3. The van der Waals surface area contributed by atoms with Crippen LogP contribution in [0.15, 0.2) is 18.2 Å². The molecular formula is C21H36N4O4+2. The van der Waals surface area contributed by atoms with E-state index in [4.69, 9.17) is 9.47 Å². The highest BCUT2D eigenvalue weighted by Gasteiger charge is 2.27. The highest BCUT2D eigenvalue weighted by Crippen LogP contribution is 2.23. The topological polar surface area (TPSA) is 76.8 Å². The Labute approximate surface area is 173 Å². The first kappa shape index (κ1) is 23.0. The molecule has 0 saturated carbocycles. The van der Waals surface area contributed by atoms with Crippen LogP contribution in [0, 0.1) is 0 Å². The Balaban J connectivity index is 1.81. The smallest absolute Gasteiger partial charge is 0.278 e. The number of quaternary nitrogens is 2. The maximum absolute atomic E-state index is 12.6. The number of hydrogen-bond acceptors (Lipinski definition) is 4. The monoisotopic (exact) mass is 408 g/mol. The van der Waals surface area contributed by atoms with E-state index in [0.29, 0.717) is 13.1 Å². The zero-order valence-electron chi connectivity index (χ0n) is 18.3. The third-order valence-corrected chi connectivity index (χ3v) is 5.12. The van der Waals surface area contributed by atoms with Crippen molar-refractivity contribution in [2.45, 2.75) is 26.4 Å².